The first kappa shape index (κ1) is 19.5. The van der Waals surface area contributed by atoms with Crippen molar-refractivity contribution < 1.29 is 18.0 Å². The second-order valence-electron chi connectivity index (χ2n) is 6.69. The van der Waals surface area contributed by atoms with Crippen molar-refractivity contribution in [1.82, 2.24) is 4.90 Å². The lowest BCUT2D eigenvalue weighted by molar-refractivity contribution is -0.137. The first-order valence-electron chi connectivity index (χ1n) is 8.77. The summed E-state index contributed by atoms with van der Waals surface area (Å²) >= 11 is 0. The molecule has 6 heteroatoms. The number of rotatable bonds is 6. The molecule has 1 aromatic carbocycles. The molecule has 0 aliphatic carbocycles. The van der Waals surface area contributed by atoms with Crippen LogP contribution < -0.4 is 0 Å². The van der Waals surface area contributed by atoms with Crippen molar-refractivity contribution in [2.45, 2.75) is 71.1 Å². The third-order valence-electron chi connectivity index (χ3n) is 4.64. The maximum absolute atomic E-state index is 13.1. The van der Waals surface area contributed by atoms with Gasteiger partial charge in [-0.1, -0.05) is 32.4 Å². The van der Waals surface area contributed by atoms with Crippen LogP contribution in [0.2, 0.25) is 0 Å². The molecule has 25 heavy (non-hydrogen) atoms. The van der Waals surface area contributed by atoms with Gasteiger partial charge in [-0.3, -0.25) is 14.7 Å². The van der Waals surface area contributed by atoms with Crippen LogP contribution in [0, 0.1) is 0 Å². The van der Waals surface area contributed by atoms with Gasteiger partial charge in [-0.25, -0.2) is 0 Å². The molecule has 0 saturated carbocycles. The van der Waals surface area contributed by atoms with Crippen molar-refractivity contribution in [1.29, 1.82) is 0 Å². The molecule has 138 valence electrons. The van der Waals surface area contributed by atoms with Gasteiger partial charge in [-0.15, -0.1) is 0 Å². The molecular weight excluding hydrogens is 329 g/mol. The van der Waals surface area contributed by atoms with Crippen LogP contribution in [0.4, 0.5) is 13.2 Å². The Labute approximate surface area is 146 Å². The number of carbonyl (C=O) groups is 1. The maximum atomic E-state index is 13.1. The number of benzene rings is 1. The van der Waals surface area contributed by atoms with Gasteiger partial charge in [0.05, 0.1) is 5.56 Å². The van der Waals surface area contributed by atoms with Gasteiger partial charge in [0.25, 0.3) is 5.91 Å². The fourth-order valence-electron chi connectivity index (χ4n) is 3.24. The Morgan fingerprint density at radius 3 is 2.20 bits per heavy atom. The Hall–Kier alpha value is -1.85. The number of aliphatic imine (C=N–C) groups is 1. The molecule has 1 aromatic rings. The van der Waals surface area contributed by atoms with Gasteiger partial charge < -0.3 is 0 Å². The standard InChI is InChI=1S/C19H25F3N2O/c1-5-7-8-16-23-18(6-2,17(25)24(16)13(3)4)14-9-11-15(12-10-14)19(20,21)22/h9-13H,5-8H2,1-4H3. The van der Waals surface area contributed by atoms with Crippen molar-refractivity contribution in [2.75, 3.05) is 0 Å². The Morgan fingerprint density at radius 1 is 1.16 bits per heavy atom. The van der Waals surface area contributed by atoms with Crippen molar-refractivity contribution in [3.63, 3.8) is 0 Å². The van der Waals surface area contributed by atoms with Crippen LogP contribution in [0.1, 0.15) is 64.5 Å². The molecule has 1 amide bonds. The van der Waals surface area contributed by atoms with Gasteiger partial charge in [-0.05, 0) is 44.4 Å². The molecule has 1 unspecified atom stereocenters. The Bertz CT molecular complexity index is 650. The average molecular weight is 354 g/mol. The predicted molar refractivity (Wildman–Crippen MR) is 92.4 cm³/mol. The summed E-state index contributed by atoms with van der Waals surface area (Å²) in [6.45, 7) is 7.77. The summed E-state index contributed by atoms with van der Waals surface area (Å²) in [5.41, 5.74) is -1.31. The largest absolute Gasteiger partial charge is 0.416 e. The predicted octanol–water partition coefficient (Wildman–Crippen LogP) is 5.15. The lowest BCUT2D eigenvalue weighted by atomic mass is 9.86. The van der Waals surface area contributed by atoms with E-state index in [1.807, 2.05) is 20.8 Å². The molecule has 3 nitrogen and oxygen atoms in total. The number of unbranched alkanes of at least 4 members (excludes halogenated alkanes) is 1. The minimum atomic E-state index is -4.39. The Kier molecular flexibility index (Phi) is 5.59. The first-order valence-corrected chi connectivity index (χ1v) is 8.77. The van der Waals surface area contributed by atoms with Gasteiger partial charge in [-0.2, -0.15) is 13.2 Å². The summed E-state index contributed by atoms with van der Waals surface area (Å²) in [7, 11) is 0. The number of nitrogens with zero attached hydrogens (tertiary/aromatic N) is 2. The van der Waals surface area contributed by atoms with Gasteiger partial charge in [0.2, 0.25) is 0 Å². The van der Waals surface area contributed by atoms with Crippen molar-refractivity contribution in [2.24, 2.45) is 4.99 Å². The molecule has 0 aromatic heterocycles. The van der Waals surface area contributed by atoms with E-state index in [4.69, 9.17) is 4.99 Å². The number of hydrogen-bond acceptors (Lipinski definition) is 2. The summed E-state index contributed by atoms with van der Waals surface area (Å²) in [5.74, 6) is 0.597. The van der Waals surface area contributed by atoms with E-state index in [9.17, 15) is 18.0 Å². The zero-order valence-electron chi connectivity index (χ0n) is 15.2. The zero-order chi connectivity index (χ0) is 18.8. The topological polar surface area (TPSA) is 32.7 Å². The molecule has 0 bridgehead atoms. The van der Waals surface area contributed by atoms with Gasteiger partial charge in [0.1, 0.15) is 5.84 Å². The Balaban J connectivity index is 2.47. The normalized spacial score (nSPS) is 21.2. The quantitative estimate of drug-likeness (QED) is 0.695. The maximum Gasteiger partial charge on any atom is 0.416 e. The SMILES string of the molecule is CCCCC1=NC(CC)(c2ccc(C(F)(F)F)cc2)C(=O)N1C(C)C. The van der Waals surface area contributed by atoms with E-state index in [0.29, 0.717) is 18.4 Å². The van der Waals surface area contributed by atoms with Crippen molar-refractivity contribution in [3.05, 3.63) is 35.4 Å². The van der Waals surface area contributed by atoms with Crippen molar-refractivity contribution in [3.8, 4) is 0 Å². The zero-order valence-corrected chi connectivity index (χ0v) is 15.2. The molecule has 0 spiro atoms. The lowest BCUT2D eigenvalue weighted by Crippen LogP contribution is -2.44. The lowest BCUT2D eigenvalue weighted by Gasteiger charge is -2.28. The first-order chi connectivity index (χ1) is 11.7. The minimum Gasteiger partial charge on any atom is -0.296 e. The van der Waals surface area contributed by atoms with Crippen LogP contribution in [0.25, 0.3) is 0 Å². The number of alkyl halides is 3. The molecule has 0 N–H and O–H groups in total. The van der Waals surface area contributed by atoms with Gasteiger partial charge in [0, 0.05) is 12.5 Å². The molecule has 1 atom stereocenters. The van der Waals surface area contributed by atoms with Crippen LogP contribution in [0.15, 0.2) is 29.3 Å². The number of carbonyl (C=O) groups excluding carboxylic acids is 1. The van der Waals surface area contributed by atoms with E-state index in [0.717, 1.165) is 30.8 Å². The van der Waals surface area contributed by atoms with E-state index in [-0.39, 0.29) is 11.9 Å². The third kappa shape index (κ3) is 3.58. The summed E-state index contributed by atoms with van der Waals surface area (Å²) in [4.78, 5) is 19.6. The van der Waals surface area contributed by atoms with E-state index in [2.05, 4.69) is 6.92 Å². The second kappa shape index (κ2) is 7.18. The van der Waals surface area contributed by atoms with Crippen LogP contribution in [-0.2, 0) is 16.5 Å². The minimum absolute atomic E-state index is 0.0361. The van der Waals surface area contributed by atoms with Gasteiger partial charge in [0.15, 0.2) is 5.54 Å². The van der Waals surface area contributed by atoms with Crippen LogP contribution in [-0.4, -0.2) is 22.7 Å². The molecule has 1 heterocycles. The van der Waals surface area contributed by atoms with E-state index in [1.165, 1.54) is 12.1 Å². The van der Waals surface area contributed by atoms with E-state index >= 15 is 0 Å². The highest BCUT2D eigenvalue weighted by molar-refractivity contribution is 6.08. The number of amides is 1. The van der Waals surface area contributed by atoms with Crippen LogP contribution in [0.3, 0.4) is 0 Å². The molecule has 1 aliphatic rings. The summed E-state index contributed by atoms with van der Waals surface area (Å²) in [6, 6.07) is 4.79. The van der Waals surface area contributed by atoms with Gasteiger partial charge >= 0.3 is 6.18 Å². The average Bonchev–Trinajstić information content (AvgIpc) is 2.85. The smallest absolute Gasteiger partial charge is 0.296 e. The molecule has 2 rings (SSSR count). The molecule has 0 saturated heterocycles. The highest BCUT2D eigenvalue weighted by atomic mass is 19.4. The summed E-state index contributed by atoms with van der Waals surface area (Å²) in [6.07, 6.45) is -1.38. The fraction of sp³-hybridized carbons (Fsp3) is 0.579. The summed E-state index contributed by atoms with van der Waals surface area (Å²) in [5, 5.41) is 0. The number of halogens is 3. The highest BCUT2D eigenvalue weighted by Crippen LogP contribution is 2.39. The number of amidine groups is 1. The third-order valence-corrected chi connectivity index (χ3v) is 4.64. The summed E-state index contributed by atoms with van der Waals surface area (Å²) < 4.78 is 38.5. The van der Waals surface area contributed by atoms with E-state index < -0.39 is 17.3 Å². The molecule has 0 fully saturated rings. The van der Waals surface area contributed by atoms with E-state index in [1.54, 1.807) is 4.90 Å². The van der Waals surface area contributed by atoms with Crippen LogP contribution >= 0.6 is 0 Å². The van der Waals surface area contributed by atoms with Crippen molar-refractivity contribution >= 4 is 11.7 Å². The fourth-order valence-corrected chi connectivity index (χ4v) is 3.24. The Morgan fingerprint density at radius 2 is 1.76 bits per heavy atom. The molecule has 0 radical (unpaired) electrons. The highest BCUT2D eigenvalue weighted by Gasteiger charge is 2.48. The van der Waals surface area contributed by atoms with Crippen LogP contribution in [0.5, 0.6) is 0 Å². The number of hydrogen-bond donors (Lipinski definition) is 0. The monoisotopic (exact) mass is 354 g/mol. The molecule has 1 aliphatic heterocycles. The molecular formula is C19H25F3N2O. The second-order valence-corrected chi connectivity index (χ2v) is 6.69.